The Bertz CT molecular complexity index is 1460. The number of piperidine rings is 1. The van der Waals surface area contributed by atoms with Crippen LogP contribution in [-0.4, -0.2) is 50.5 Å². The Morgan fingerprint density at radius 1 is 1.19 bits per heavy atom. The Labute approximate surface area is 224 Å². The van der Waals surface area contributed by atoms with Gasteiger partial charge in [-0.2, -0.15) is 0 Å². The van der Waals surface area contributed by atoms with Crippen molar-refractivity contribution in [2.75, 3.05) is 24.2 Å². The summed E-state index contributed by atoms with van der Waals surface area (Å²) < 4.78 is 0. The number of aromatic nitrogens is 3. The quantitative estimate of drug-likeness (QED) is 0.235. The number of hydrogen-bond acceptors (Lipinski definition) is 7. The van der Waals surface area contributed by atoms with Crippen LogP contribution < -0.4 is 5.32 Å². The molecule has 5 rings (SSSR count). The highest BCUT2D eigenvalue weighted by Gasteiger charge is 2.28. The largest absolute Gasteiger partial charge is 0.339 e. The van der Waals surface area contributed by atoms with Crippen molar-refractivity contribution in [1.82, 2.24) is 19.9 Å². The number of para-hydroxylation sites is 1. The van der Waals surface area contributed by atoms with Gasteiger partial charge in [-0.1, -0.05) is 24.3 Å². The van der Waals surface area contributed by atoms with Gasteiger partial charge in [0.25, 0.3) is 11.8 Å². The smallest absolute Gasteiger partial charge is 0.275 e. The van der Waals surface area contributed by atoms with Crippen molar-refractivity contribution in [2.24, 2.45) is 0 Å². The van der Waals surface area contributed by atoms with Crippen LogP contribution in [0.25, 0.3) is 10.9 Å². The number of likely N-dealkylation sites (tertiary alicyclic amines) is 1. The molecule has 7 nitrogen and oxygen atoms in total. The number of thioether (sulfide) groups is 1. The molecule has 0 aliphatic carbocycles. The van der Waals surface area contributed by atoms with Gasteiger partial charge in [0.1, 0.15) is 10.7 Å². The molecule has 0 radical (unpaired) electrons. The van der Waals surface area contributed by atoms with E-state index in [9.17, 15) is 9.59 Å². The summed E-state index contributed by atoms with van der Waals surface area (Å²) >= 11 is 3.03. The van der Waals surface area contributed by atoms with Crippen LogP contribution in [0.5, 0.6) is 0 Å². The predicted molar refractivity (Wildman–Crippen MR) is 150 cm³/mol. The van der Waals surface area contributed by atoms with E-state index in [0.29, 0.717) is 30.1 Å². The van der Waals surface area contributed by atoms with Crippen molar-refractivity contribution >= 4 is 51.5 Å². The van der Waals surface area contributed by atoms with E-state index < -0.39 is 0 Å². The Morgan fingerprint density at radius 2 is 2.00 bits per heavy atom. The highest BCUT2D eigenvalue weighted by Crippen LogP contribution is 2.32. The van der Waals surface area contributed by atoms with Crippen LogP contribution in [0.15, 0.2) is 71.7 Å². The molecule has 0 spiro atoms. The summed E-state index contributed by atoms with van der Waals surface area (Å²) in [5.41, 5.74) is 3.47. The minimum absolute atomic E-state index is 0.0113. The normalized spacial score (nSPS) is 14.0. The second-order valence-electron chi connectivity index (χ2n) is 8.88. The van der Waals surface area contributed by atoms with Crippen molar-refractivity contribution in [3.63, 3.8) is 0 Å². The first-order chi connectivity index (χ1) is 18.0. The summed E-state index contributed by atoms with van der Waals surface area (Å²) in [5.74, 6) is 0.711. The van der Waals surface area contributed by atoms with Gasteiger partial charge in [0.2, 0.25) is 0 Å². The van der Waals surface area contributed by atoms with Crippen molar-refractivity contribution in [3.05, 3.63) is 88.7 Å². The number of thiazole rings is 1. The summed E-state index contributed by atoms with van der Waals surface area (Å²) in [7, 11) is 0. The lowest BCUT2D eigenvalue weighted by Gasteiger charge is -2.31. The van der Waals surface area contributed by atoms with Crippen LogP contribution in [0.4, 0.5) is 5.69 Å². The number of aryl methyl sites for hydroxylation is 1. The fourth-order valence-corrected chi connectivity index (χ4v) is 6.18. The molecule has 0 saturated carbocycles. The third-order valence-corrected chi connectivity index (χ3v) is 8.33. The van der Waals surface area contributed by atoms with Gasteiger partial charge in [-0.25, -0.2) is 9.97 Å². The topological polar surface area (TPSA) is 88.1 Å². The van der Waals surface area contributed by atoms with Crippen LogP contribution in [0.3, 0.4) is 0 Å². The summed E-state index contributed by atoms with van der Waals surface area (Å²) in [6.45, 7) is 6.95. The Kier molecular flexibility index (Phi) is 7.62. The number of nitrogens with zero attached hydrogens (tertiary/aromatic N) is 4. The third-order valence-electron chi connectivity index (χ3n) is 6.32. The molecule has 4 aromatic rings. The minimum atomic E-state index is -0.230. The van der Waals surface area contributed by atoms with E-state index in [1.54, 1.807) is 12.3 Å². The average molecular weight is 530 g/mol. The molecule has 9 heteroatoms. The second kappa shape index (κ2) is 11.2. The number of hydrogen-bond donors (Lipinski definition) is 1. The number of rotatable bonds is 7. The Morgan fingerprint density at radius 3 is 2.81 bits per heavy atom. The number of fused-ring (bicyclic) bond motifs is 1. The lowest BCUT2D eigenvalue weighted by atomic mass is 9.97. The van der Waals surface area contributed by atoms with E-state index in [0.717, 1.165) is 45.2 Å². The zero-order valence-electron chi connectivity index (χ0n) is 20.5. The summed E-state index contributed by atoms with van der Waals surface area (Å²) in [5, 5.41) is 7.41. The Balaban J connectivity index is 1.23. The van der Waals surface area contributed by atoms with Gasteiger partial charge in [-0.05, 0) is 44.0 Å². The van der Waals surface area contributed by atoms with Crippen molar-refractivity contribution in [1.29, 1.82) is 0 Å². The SMILES string of the molecule is C=CCSc1ncccc1C(=O)N1CCC(c2nc(C(=O)Nc3cc(C)nc4ccccc34)cs2)CC1. The van der Waals surface area contributed by atoms with Crippen LogP contribution >= 0.6 is 23.1 Å². The number of benzene rings is 1. The molecule has 3 aromatic heterocycles. The van der Waals surface area contributed by atoms with Crippen molar-refractivity contribution in [2.45, 2.75) is 30.7 Å². The lowest BCUT2D eigenvalue weighted by molar-refractivity contribution is 0.0708. The molecule has 1 aliphatic rings. The first-order valence-corrected chi connectivity index (χ1v) is 14.0. The molecule has 1 saturated heterocycles. The third kappa shape index (κ3) is 5.57. The molecule has 37 heavy (non-hydrogen) atoms. The van der Waals surface area contributed by atoms with Gasteiger partial charge < -0.3 is 10.2 Å². The molecular formula is C28H27N5O2S2. The van der Waals surface area contributed by atoms with E-state index in [2.05, 4.69) is 26.8 Å². The van der Waals surface area contributed by atoms with E-state index in [1.807, 2.05) is 59.7 Å². The van der Waals surface area contributed by atoms with Gasteiger partial charge in [0.15, 0.2) is 0 Å². The predicted octanol–water partition coefficient (Wildman–Crippen LogP) is 5.94. The molecule has 1 aliphatic heterocycles. The molecule has 188 valence electrons. The van der Waals surface area contributed by atoms with Gasteiger partial charge in [0.05, 0.1) is 21.8 Å². The molecule has 0 atom stereocenters. The monoisotopic (exact) mass is 529 g/mol. The fraction of sp³-hybridized carbons (Fsp3) is 0.250. The highest BCUT2D eigenvalue weighted by molar-refractivity contribution is 7.99. The van der Waals surface area contributed by atoms with Crippen LogP contribution in [0.1, 0.15) is 50.3 Å². The van der Waals surface area contributed by atoms with Crippen molar-refractivity contribution < 1.29 is 9.59 Å². The molecule has 0 unspecified atom stereocenters. The molecule has 4 heterocycles. The molecule has 2 amide bonds. The van der Waals surface area contributed by atoms with Gasteiger partial charge in [0, 0.05) is 47.4 Å². The fourth-order valence-electron chi connectivity index (χ4n) is 4.48. The zero-order valence-corrected chi connectivity index (χ0v) is 22.1. The van der Waals surface area contributed by atoms with Crippen molar-refractivity contribution in [3.8, 4) is 0 Å². The minimum Gasteiger partial charge on any atom is -0.339 e. The van der Waals surface area contributed by atoms with E-state index >= 15 is 0 Å². The summed E-state index contributed by atoms with van der Waals surface area (Å²) in [6.07, 6.45) is 5.14. The number of nitrogens with one attached hydrogen (secondary N) is 1. The van der Waals surface area contributed by atoms with Crippen LogP contribution in [-0.2, 0) is 0 Å². The average Bonchev–Trinajstić information content (AvgIpc) is 3.42. The number of carbonyl (C=O) groups is 2. The second-order valence-corrected chi connectivity index (χ2v) is 10.8. The lowest BCUT2D eigenvalue weighted by Crippen LogP contribution is -2.38. The maximum Gasteiger partial charge on any atom is 0.275 e. The molecule has 1 fully saturated rings. The molecule has 1 aromatic carbocycles. The Hall–Kier alpha value is -3.56. The van der Waals surface area contributed by atoms with E-state index in [1.165, 1.54) is 23.1 Å². The van der Waals surface area contributed by atoms with Gasteiger partial charge in [-0.15, -0.1) is 29.7 Å². The number of anilines is 1. The zero-order chi connectivity index (χ0) is 25.8. The summed E-state index contributed by atoms with van der Waals surface area (Å²) in [6, 6.07) is 13.3. The maximum atomic E-state index is 13.2. The van der Waals surface area contributed by atoms with Crippen LogP contribution in [0.2, 0.25) is 0 Å². The molecule has 1 N–H and O–H groups in total. The molecular weight excluding hydrogens is 502 g/mol. The van der Waals surface area contributed by atoms with Gasteiger partial charge >= 0.3 is 0 Å². The van der Waals surface area contributed by atoms with E-state index in [4.69, 9.17) is 0 Å². The standard InChI is InChI=1S/C28H27N5O2S2/c1-3-15-36-27-21(8-6-12-29-27)28(35)33-13-10-19(11-14-33)26-32-24(17-37-26)25(34)31-23-16-18(2)30-22-9-5-4-7-20(22)23/h3-9,12,16-17,19H,1,10-11,13-15H2,2H3,(H,30,31,34). The summed E-state index contributed by atoms with van der Waals surface area (Å²) in [4.78, 5) is 41.7. The van der Waals surface area contributed by atoms with E-state index in [-0.39, 0.29) is 17.7 Å². The van der Waals surface area contributed by atoms with Crippen LogP contribution in [0, 0.1) is 6.92 Å². The number of carbonyl (C=O) groups excluding carboxylic acids is 2. The number of amides is 2. The first kappa shape index (κ1) is 25.1. The first-order valence-electron chi connectivity index (χ1n) is 12.1. The molecule has 0 bridgehead atoms. The highest BCUT2D eigenvalue weighted by atomic mass is 32.2. The van der Waals surface area contributed by atoms with Gasteiger partial charge in [-0.3, -0.25) is 14.6 Å². The number of pyridine rings is 2. The maximum absolute atomic E-state index is 13.2.